The zero-order valence-corrected chi connectivity index (χ0v) is 15.1. The zero-order valence-electron chi connectivity index (χ0n) is 15.1. The van der Waals surface area contributed by atoms with E-state index < -0.39 is 12.0 Å². The minimum atomic E-state index is -1.02. The van der Waals surface area contributed by atoms with Crippen LogP contribution in [0.1, 0.15) is 26.7 Å². The lowest BCUT2D eigenvalue weighted by atomic mass is 10.1. The minimum Gasteiger partial charge on any atom is -0.480 e. The molecule has 2 aromatic carbocycles. The quantitative estimate of drug-likeness (QED) is 0.799. The van der Waals surface area contributed by atoms with Crippen LogP contribution in [0.15, 0.2) is 42.5 Å². The smallest absolute Gasteiger partial charge is 0.326 e. The molecule has 134 valence electrons. The molecular formula is C20H26N2O3. The number of nitrogens with zero attached hydrogens (tertiary/aromatic N) is 2. The summed E-state index contributed by atoms with van der Waals surface area (Å²) in [7, 11) is 1.89. The van der Waals surface area contributed by atoms with Crippen LogP contribution in [0.2, 0.25) is 0 Å². The van der Waals surface area contributed by atoms with Gasteiger partial charge in [0.1, 0.15) is 6.04 Å². The lowest BCUT2D eigenvalue weighted by Crippen LogP contribution is -2.47. The van der Waals surface area contributed by atoms with Crippen molar-refractivity contribution in [3.63, 3.8) is 0 Å². The molecule has 2 rings (SSSR count). The summed E-state index contributed by atoms with van der Waals surface area (Å²) in [5.41, 5.74) is 0.641. The maximum Gasteiger partial charge on any atom is 0.326 e. The first-order chi connectivity index (χ1) is 12.0. The number of unbranched alkanes of at least 4 members (excludes halogenated alkanes) is 1. The number of carboxylic acids is 1. The molecule has 5 heteroatoms. The fraction of sp³-hybridized carbons (Fsp3) is 0.400. The Labute approximate surface area is 148 Å². The summed E-state index contributed by atoms with van der Waals surface area (Å²) in [6.45, 7) is 4.66. The number of amides is 1. The molecule has 0 spiro atoms. The van der Waals surface area contributed by atoms with Gasteiger partial charge in [-0.05, 0) is 38.4 Å². The van der Waals surface area contributed by atoms with Gasteiger partial charge in [-0.15, -0.1) is 0 Å². The fourth-order valence-corrected chi connectivity index (χ4v) is 2.90. The van der Waals surface area contributed by atoms with E-state index in [1.165, 1.54) is 4.90 Å². The Morgan fingerprint density at radius 2 is 1.80 bits per heavy atom. The fourth-order valence-electron chi connectivity index (χ4n) is 2.90. The van der Waals surface area contributed by atoms with Crippen molar-refractivity contribution in [2.45, 2.75) is 32.7 Å². The Morgan fingerprint density at radius 1 is 1.12 bits per heavy atom. The van der Waals surface area contributed by atoms with Gasteiger partial charge in [0.2, 0.25) is 5.91 Å². The molecule has 0 saturated carbocycles. The molecule has 0 radical (unpaired) electrons. The summed E-state index contributed by atoms with van der Waals surface area (Å²) in [6, 6.07) is 12.4. The third kappa shape index (κ3) is 4.57. The topological polar surface area (TPSA) is 60.9 Å². The highest BCUT2D eigenvalue weighted by atomic mass is 16.4. The average molecular weight is 342 g/mol. The van der Waals surface area contributed by atoms with Crippen molar-refractivity contribution in [2.75, 3.05) is 25.0 Å². The predicted molar refractivity (Wildman–Crippen MR) is 101 cm³/mol. The van der Waals surface area contributed by atoms with Gasteiger partial charge in [-0.2, -0.15) is 0 Å². The molecule has 0 saturated heterocycles. The summed E-state index contributed by atoms with van der Waals surface area (Å²) in [4.78, 5) is 27.9. The highest BCUT2D eigenvalue weighted by molar-refractivity contribution is 6.07. The van der Waals surface area contributed by atoms with E-state index in [1.807, 2.05) is 54.4 Å². The second kappa shape index (κ2) is 8.62. The summed E-state index contributed by atoms with van der Waals surface area (Å²) in [5, 5.41) is 11.4. The van der Waals surface area contributed by atoms with Crippen LogP contribution in [0.25, 0.3) is 10.8 Å². The molecule has 0 aliphatic carbocycles. The van der Waals surface area contributed by atoms with Gasteiger partial charge in [0.05, 0.1) is 12.2 Å². The number of carbonyl (C=O) groups is 2. The third-order valence-electron chi connectivity index (χ3n) is 4.34. The number of aliphatic carboxylic acids is 1. The molecule has 5 nitrogen and oxygen atoms in total. The molecule has 1 N–H and O–H groups in total. The molecule has 0 aliphatic heterocycles. The van der Waals surface area contributed by atoms with Crippen LogP contribution >= 0.6 is 0 Å². The van der Waals surface area contributed by atoms with E-state index in [0.717, 1.165) is 30.2 Å². The molecule has 0 aliphatic rings. The molecule has 0 aromatic heterocycles. The van der Waals surface area contributed by atoms with Crippen molar-refractivity contribution >= 4 is 28.3 Å². The number of hydrogen-bond donors (Lipinski definition) is 1. The highest BCUT2D eigenvalue weighted by Crippen LogP contribution is 2.28. The molecular weight excluding hydrogens is 316 g/mol. The van der Waals surface area contributed by atoms with Crippen LogP contribution in [0.5, 0.6) is 0 Å². The number of anilines is 1. The van der Waals surface area contributed by atoms with E-state index in [4.69, 9.17) is 0 Å². The van der Waals surface area contributed by atoms with Crippen molar-refractivity contribution in [1.82, 2.24) is 4.90 Å². The summed E-state index contributed by atoms with van der Waals surface area (Å²) >= 11 is 0. The van der Waals surface area contributed by atoms with Crippen LogP contribution < -0.4 is 4.90 Å². The van der Waals surface area contributed by atoms with E-state index in [2.05, 4.69) is 6.92 Å². The number of hydrogen-bond acceptors (Lipinski definition) is 3. The van der Waals surface area contributed by atoms with E-state index in [-0.39, 0.29) is 12.5 Å². The molecule has 0 fully saturated rings. The molecule has 0 bridgehead atoms. The zero-order chi connectivity index (χ0) is 18.4. The first-order valence-electron chi connectivity index (χ1n) is 8.66. The SMILES string of the molecule is CCCCN(C)CC(=O)N(c1cccc2ccccc12)[C@@H](C)C(=O)O. The van der Waals surface area contributed by atoms with Crippen LogP contribution in [-0.2, 0) is 9.59 Å². The Hall–Kier alpha value is -2.40. The van der Waals surface area contributed by atoms with Crippen LogP contribution in [0, 0.1) is 0 Å². The van der Waals surface area contributed by atoms with E-state index in [1.54, 1.807) is 6.92 Å². The van der Waals surface area contributed by atoms with Gasteiger partial charge in [0, 0.05) is 5.39 Å². The number of rotatable bonds is 8. The van der Waals surface area contributed by atoms with Gasteiger partial charge >= 0.3 is 5.97 Å². The van der Waals surface area contributed by atoms with E-state index >= 15 is 0 Å². The number of fused-ring (bicyclic) bond motifs is 1. The van der Waals surface area contributed by atoms with Gasteiger partial charge in [-0.25, -0.2) is 4.79 Å². The standard InChI is InChI=1S/C20H26N2O3/c1-4-5-13-21(3)14-19(23)22(15(2)20(24)25)18-12-8-10-16-9-6-7-11-17(16)18/h6-12,15H,4-5,13-14H2,1-3H3,(H,24,25)/t15-/m0/s1. The number of likely N-dealkylation sites (N-methyl/N-ethyl adjacent to an activating group) is 1. The normalized spacial score (nSPS) is 12.3. The van der Waals surface area contributed by atoms with Gasteiger partial charge in [-0.1, -0.05) is 49.7 Å². The monoisotopic (exact) mass is 342 g/mol. The minimum absolute atomic E-state index is 0.195. The molecule has 25 heavy (non-hydrogen) atoms. The summed E-state index contributed by atoms with van der Waals surface area (Å²) in [6.07, 6.45) is 2.06. The van der Waals surface area contributed by atoms with E-state index in [0.29, 0.717) is 5.69 Å². The third-order valence-corrected chi connectivity index (χ3v) is 4.34. The van der Waals surface area contributed by atoms with Crippen molar-refractivity contribution in [3.05, 3.63) is 42.5 Å². The largest absolute Gasteiger partial charge is 0.480 e. The maximum absolute atomic E-state index is 12.9. The van der Waals surface area contributed by atoms with Gasteiger partial charge in [0.15, 0.2) is 0 Å². The van der Waals surface area contributed by atoms with Crippen LogP contribution in [0.4, 0.5) is 5.69 Å². The van der Waals surface area contributed by atoms with Gasteiger partial charge in [-0.3, -0.25) is 14.6 Å². The summed E-state index contributed by atoms with van der Waals surface area (Å²) in [5.74, 6) is -1.22. The predicted octanol–water partition coefficient (Wildman–Crippen LogP) is 3.38. The van der Waals surface area contributed by atoms with Crippen molar-refractivity contribution in [1.29, 1.82) is 0 Å². The van der Waals surface area contributed by atoms with Crippen LogP contribution in [-0.4, -0.2) is 48.1 Å². The molecule has 1 atom stereocenters. The number of carboxylic acid groups (broad SMARTS) is 1. The first kappa shape index (κ1) is 18.9. The van der Waals surface area contributed by atoms with Crippen molar-refractivity contribution < 1.29 is 14.7 Å². The molecule has 1 amide bonds. The second-order valence-electron chi connectivity index (χ2n) is 6.37. The number of benzene rings is 2. The lowest BCUT2D eigenvalue weighted by Gasteiger charge is -2.29. The molecule has 0 heterocycles. The maximum atomic E-state index is 12.9. The Kier molecular flexibility index (Phi) is 6.53. The van der Waals surface area contributed by atoms with Gasteiger partial charge in [0.25, 0.3) is 0 Å². The van der Waals surface area contributed by atoms with E-state index in [9.17, 15) is 14.7 Å². The van der Waals surface area contributed by atoms with Crippen LogP contribution in [0.3, 0.4) is 0 Å². The summed E-state index contributed by atoms with van der Waals surface area (Å²) < 4.78 is 0. The molecule has 0 unspecified atom stereocenters. The second-order valence-corrected chi connectivity index (χ2v) is 6.37. The molecule has 2 aromatic rings. The lowest BCUT2D eigenvalue weighted by molar-refractivity contribution is -0.139. The number of carbonyl (C=O) groups excluding carboxylic acids is 1. The van der Waals surface area contributed by atoms with Crippen molar-refractivity contribution in [2.24, 2.45) is 0 Å². The first-order valence-corrected chi connectivity index (χ1v) is 8.66. The van der Waals surface area contributed by atoms with Gasteiger partial charge < -0.3 is 5.11 Å². The Bertz CT molecular complexity index is 739. The highest BCUT2D eigenvalue weighted by Gasteiger charge is 2.28. The average Bonchev–Trinajstić information content (AvgIpc) is 2.60. The Morgan fingerprint density at radius 3 is 2.48 bits per heavy atom. The van der Waals surface area contributed by atoms with Crippen molar-refractivity contribution in [3.8, 4) is 0 Å². The Balaban J connectivity index is 2.39.